The van der Waals surface area contributed by atoms with E-state index in [0.29, 0.717) is 5.25 Å². The minimum Gasteiger partial charge on any atom is -0.481 e. The monoisotopic (exact) mass is 269 g/mol. The van der Waals surface area contributed by atoms with Crippen LogP contribution in [-0.4, -0.2) is 42.0 Å². The molecule has 1 aromatic rings. The number of rotatable bonds is 4. The molecule has 0 radical (unpaired) electrons. The van der Waals surface area contributed by atoms with E-state index in [-0.39, 0.29) is 18.3 Å². The van der Waals surface area contributed by atoms with E-state index < -0.39 is 5.82 Å². The number of hydrogen-bond acceptors (Lipinski definition) is 3. The summed E-state index contributed by atoms with van der Waals surface area (Å²) in [4.78, 5) is 13.6. The summed E-state index contributed by atoms with van der Waals surface area (Å²) in [6.45, 7) is 1.44. The Morgan fingerprint density at radius 2 is 2.33 bits per heavy atom. The lowest BCUT2D eigenvalue weighted by molar-refractivity contribution is -0.132. The van der Waals surface area contributed by atoms with Gasteiger partial charge >= 0.3 is 0 Å². The smallest absolute Gasteiger partial charge is 0.260 e. The maximum Gasteiger partial charge on any atom is 0.260 e. The van der Waals surface area contributed by atoms with Gasteiger partial charge in [-0.3, -0.25) is 4.79 Å². The Labute approximate surface area is 110 Å². The van der Waals surface area contributed by atoms with E-state index >= 15 is 0 Å². The van der Waals surface area contributed by atoms with Crippen LogP contribution in [-0.2, 0) is 4.79 Å². The highest BCUT2D eigenvalue weighted by atomic mass is 32.2. The van der Waals surface area contributed by atoms with Gasteiger partial charge < -0.3 is 9.64 Å². The minimum atomic E-state index is -0.436. The SMILES string of the molecule is CS[C@H]1CCN(C(=O)COc2ccccc2F)C1. The molecule has 98 valence electrons. The standard InChI is InChI=1S/C13H16FNO2S/c1-18-10-6-7-15(8-10)13(16)9-17-12-5-3-2-4-11(12)14/h2-5,10H,6-9H2,1H3/t10-/m0/s1. The molecular weight excluding hydrogens is 253 g/mol. The molecule has 1 aromatic carbocycles. The van der Waals surface area contributed by atoms with Crippen LogP contribution in [0.3, 0.4) is 0 Å². The van der Waals surface area contributed by atoms with Crippen LogP contribution in [0.1, 0.15) is 6.42 Å². The maximum absolute atomic E-state index is 13.3. The number of para-hydroxylation sites is 1. The van der Waals surface area contributed by atoms with Gasteiger partial charge in [0.15, 0.2) is 18.2 Å². The van der Waals surface area contributed by atoms with Crippen LogP contribution in [0.4, 0.5) is 4.39 Å². The van der Waals surface area contributed by atoms with Crippen LogP contribution in [0, 0.1) is 5.82 Å². The second-order valence-corrected chi connectivity index (χ2v) is 5.34. The van der Waals surface area contributed by atoms with Crippen molar-refractivity contribution >= 4 is 17.7 Å². The molecule has 1 amide bonds. The third kappa shape index (κ3) is 3.16. The van der Waals surface area contributed by atoms with Gasteiger partial charge in [-0.05, 0) is 24.8 Å². The van der Waals surface area contributed by atoms with Gasteiger partial charge in [0.2, 0.25) is 0 Å². The molecule has 1 heterocycles. The largest absolute Gasteiger partial charge is 0.481 e. The number of thioether (sulfide) groups is 1. The van der Waals surface area contributed by atoms with E-state index in [4.69, 9.17) is 4.74 Å². The fourth-order valence-electron chi connectivity index (χ4n) is 1.94. The van der Waals surface area contributed by atoms with E-state index in [1.54, 1.807) is 28.8 Å². The number of halogens is 1. The lowest BCUT2D eigenvalue weighted by Gasteiger charge is -2.16. The Hall–Kier alpha value is -1.23. The molecule has 0 aliphatic carbocycles. The quantitative estimate of drug-likeness (QED) is 0.839. The topological polar surface area (TPSA) is 29.5 Å². The lowest BCUT2D eigenvalue weighted by Crippen LogP contribution is -2.33. The highest BCUT2D eigenvalue weighted by molar-refractivity contribution is 7.99. The highest BCUT2D eigenvalue weighted by Gasteiger charge is 2.25. The van der Waals surface area contributed by atoms with E-state index in [9.17, 15) is 9.18 Å². The van der Waals surface area contributed by atoms with Crippen molar-refractivity contribution in [3.63, 3.8) is 0 Å². The summed E-state index contributed by atoms with van der Waals surface area (Å²) >= 11 is 1.78. The summed E-state index contributed by atoms with van der Waals surface area (Å²) in [6, 6.07) is 6.12. The van der Waals surface area contributed by atoms with Crippen molar-refractivity contribution in [1.82, 2.24) is 4.90 Å². The second-order valence-electron chi connectivity index (χ2n) is 4.21. The highest BCUT2D eigenvalue weighted by Crippen LogP contribution is 2.20. The molecule has 2 rings (SSSR count). The summed E-state index contributed by atoms with van der Waals surface area (Å²) < 4.78 is 18.5. The Bertz CT molecular complexity index is 427. The molecule has 1 fully saturated rings. The number of hydrogen-bond donors (Lipinski definition) is 0. The van der Waals surface area contributed by atoms with E-state index in [0.717, 1.165) is 19.5 Å². The fourth-order valence-corrected chi connectivity index (χ4v) is 2.61. The van der Waals surface area contributed by atoms with Crippen molar-refractivity contribution < 1.29 is 13.9 Å². The zero-order valence-electron chi connectivity index (χ0n) is 10.3. The molecule has 1 aliphatic heterocycles. The van der Waals surface area contributed by atoms with Crippen molar-refractivity contribution in [2.24, 2.45) is 0 Å². The Kier molecular flexibility index (Phi) is 4.47. The summed E-state index contributed by atoms with van der Waals surface area (Å²) in [6.07, 6.45) is 3.07. The van der Waals surface area contributed by atoms with Crippen LogP contribution in [0.5, 0.6) is 5.75 Å². The van der Waals surface area contributed by atoms with Crippen LogP contribution < -0.4 is 4.74 Å². The fraction of sp³-hybridized carbons (Fsp3) is 0.462. The normalized spacial score (nSPS) is 19.0. The summed E-state index contributed by atoms with van der Waals surface area (Å²) in [7, 11) is 0. The maximum atomic E-state index is 13.3. The molecular formula is C13H16FNO2S. The van der Waals surface area contributed by atoms with Crippen LogP contribution in [0.2, 0.25) is 0 Å². The molecule has 1 atom stereocenters. The van der Waals surface area contributed by atoms with Crippen LogP contribution in [0.15, 0.2) is 24.3 Å². The molecule has 0 N–H and O–H groups in total. The summed E-state index contributed by atoms with van der Waals surface area (Å²) in [5.74, 6) is -0.380. The summed E-state index contributed by atoms with van der Waals surface area (Å²) in [5.41, 5.74) is 0. The number of likely N-dealkylation sites (tertiary alicyclic amines) is 1. The molecule has 3 nitrogen and oxygen atoms in total. The van der Waals surface area contributed by atoms with Gasteiger partial charge in [-0.15, -0.1) is 0 Å². The number of carbonyl (C=O) groups excluding carboxylic acids is 1. The number of carbonyl (C=O) groups is 1. The van der Waals surface area contributed by atoms with Crippen molar-refractivity contribution in [2.75, 3.05) is 26.0 Å². The zero-order valence-corrected chi connectivity index (χ0v) is 11.1. The van der Waals surface area contributed by atoms with E-state index in [1.807, 2.05) is 0 Å². The molecule has 0 aromatic heterocycles. The first-order chi connectivity index (χ1) is 8.70. The minimum absolute atomic E-state index is 0.0743. The molecule has 0 unspecified atom stereocenters. The molecule has 0 bridgehead atoms. The van der Waals surface area contributed by atoms with Crippen molar-refractivity contribution in [3.05, 3.63) is 30.1 Å². The Balaban J connectivity index is 1.84. The van der Waals surface area contributed by atoms with Crippen LogP contribution in [0.25, 0.3) is 0 Å². The molecule has 1 saturated heterocycles. The van der Waals surface area contributed by atoms with Gasteiger partial charge in [-0.1, -0.05) is 12.1 Å². The Morgan fingerprint density at radius 3 is 3.00 bits per heavy atom. The van der Waals surface area contributed by atoms with Gasteiger partial charge in [-0.2, -0.15) is 11.8 Å². The number of amides is 1. The lowest BCUT2D eigenvalue weighted by atomic mass is 10.3. The second kappa shape index (κ2) is 6.09. The van der Waals surface area contributed by atoms with E-state index in [1.165, 1.54) is 12.1 Å². The predicted molar refractivity (Wildman–Crippen MR) is 70.4 cm³/mol. The molecule has 1 aliphatic rings. The van der Waals surface area contributed by atoms with Crippen molar-refractivity contribution in [2.45, 2.75) is 11.7 Å². The number of ether oxygens (including phenoxy) is 1. The third-order valence-electron chi connectivity index (χ3n) is 3.02. The molecule has 0 saturated carbocycles. The Morgan fingerprint density at radius 1 is 1.56 bits per heavy atom. The molecule has 0 spiro atoms. The number of nitrogens with zero attached hydrogens (tertiary/aromatic N) is 1. The van der Waals surface area contributed by atoms with Gasteiger partial charge in [0.1, 0.15) is 0 Å². The number of benzene rings is 1. The van der Waals surface area contributed by atoms with Gasteiger partial charge in [-0.25, -0.2) is 4.39 Å². The van der Waals surface area contributed by atoms with Gasteiger partial charge in [0, 0.05) is 18.3 Å². The van der Waals surface area contributed by atoms with Gasteiger partial charge in [0.05, 0.1) is 0 Å². The van der Waals surface area contributed by atoms with Gasteiger partial charge in [0.25, 0.3) is 5.91 Å². The third-order valence-corrected chi connectivity index (χ3v) is 4.07. The average molecular weight is 269 g/mol. The van der Waals surface area contributed by atoms with E-state index in [2.05, 4.69) is 6.26 Å². The first kappa shape index (κ1) is 13.2. The van der Waals surface area contributed by atoms with Crippen LogP contribution >= 0.6 is 11.8 Å². The molecule has 18 heavy (non-hydrogen) atoms. The summed E-state index contributed by atoms with van der Waals surface area (Å²) in [5, 5.41) is 0.516. The first-order valence-electron chi connectivity index (χ1n) is 5.88. The van der Waals surface area contributed by atoms with Crippen molar-refractivity contribution in [3.8, 4) is 5.75 Å². The van der Waals surface area contributed by atoms with Crippen molar-refractivity contribution in [1.29, 1.82) is 0 Å². The predicted octanol–water partition coefficient (Wildman–Crippen LogP) is 2.17. The first-order valence-corrected chi connectivity index (χ1v) is 7.17. The average Bonchev–Trinajstić information content (AvgIpc) is 2.86. The molecule has 5 heteroatoms. The zero-order chi connectivity index (χ0) is 13.0.